The maximum atomic E-state index is 12.5. The Kier molecular flexibility index (Phi) is 4.42. The Bertz CT molecular complexity index is 781. The average Bonchev–Trinajstić information content (AvgIpc) is 2.33. The van der Waals surface area contributed by atoms with E-state index in [0.717, 1.165) is 4.57 Å². The van der Waals surface area contributed by atoms with Gasteiger partial charge in [-0.25, -0.2) is 9.36 Å². The molecule has 0 spiro atoms. The zero-order chi connectivity index (χ0) is 15.0. The second-order valence-corrected chi connectivity index (χ2v) is 6.10. The molecule has 2 rings (SSSR count). The Balaban J connectivity index is 2.89. The molecule has 1 heterocycles. The molecule has 0 radical (unpaired) electrons. The lowest BCUT2D eigenvalue weighted by Gasteiger charge is -2.12. The van der Waals surface area contributed by atoms with Crippen LogP contribution in [-0.2, 0) is 0 Å². The third kappa shape index (κ3) is 2.57. The van der Waals surface area contributed by atoms with Crippen molar-refractivity contribution in [2.24, 2.45) is 0 Å². The van der Waals surface area contributed by atoms with E-state index in [1.807, 2.05) is 13.8 Å². The van der Waals surface area contributed by atoms with Crippen LogP contribution in [0.25, 0.3) is 5.69 Å². The summed E-state index contributed by atoms with van der Waals surface area (Å²) in [6.07, 6.45) is 0. The first kappa shape index (κ1) is 15.4. The van der Waals surface area contributed by atoms with Gasteiger partial charge in [0.2, 0.25) is 0 Å². The Labute approximate surface area is 133 Å². The molecular formula is C13H11BrCl2N2O2. The third-order valence-electron chi connectivity index (χ3n) is 2.84. The molecule has 7 heteroatoms. The second kappa shape index (κ2) is 5.76. The van der Waals surface area contributed by atoms with Crippen molar-refractivity contribution >= 4 is 39.1 Å². The zero-order valence-corrected chi connectivity index (χ0v) is 13.8. The second-order valence-electron chi connectivity index (χ2n) is 4.53. The molecule has 0 aliphatic carbocycles. The zero-order valence-electron chi connectivity index (χ0n) is 10.7. The van der Waals surface area contributed by atoms with E-state index in [1.165, 1.54) is 0 Å². The molecule has 1 aromatic heterocycles. The molecule has 0 aliphatic heterocycles. The normalized spacial score (nSPS) is 11.1. The van der Waals surface area contributed by atoms with Crippen molar-refractivity contribution in [1.29, 1.82) is 0 Å². The van der Waals surface area contributed by atoms with Crippen LogP contribution in [0, 0.1) is 0 Å². The number of benzene rings is 1. The monoisotopic (exact) mass is 376 g/mol. The standard InChI is InChI=1S/C13H11BrCl2N2O2/c1-6(2)9-11(16)17-13(20)18(12(9)19)8-5-3-4-7(15)10(8)14/h3-6H,1-2H3,(H,17,20). The van der Waals surface area contributed by atoms with Gasteiger partial charge in [0.05, 0.1) is 20.7 Å². The lowest BCUT2D eigenvalue weighted by Crippen LogP contribution is -2.36. The first-order valence-electron chi connectivity index (χ1n) is 5.83. The van der Waals surface area contributed by atoms with E-state index in [1.54, 1.807) is 18.2 Å². The fourth-order valence-corrected chi connectivity index (χ4v) is 2.90. The molecule has 0 aliphatic rings. The first-order chi connectivity index (χ1) is 9.34. The number of nitrogens with zero attached hydrogens (tertiary/aromatic N) is 1. The minimum atomic E-state index is -0.604. The Morgan fingerprint density at radius 1 is 1.25 bits per heavy atom. The van der Waals surface area contributed by atoms with Crippen molar-refractivity contribution in [3.05, 3.63) is 59.2 Å². The summed E-state index contributed by atoms with van der Waals surface area (Å²) in [5.41, 5.74) is -0.315. The molecule has 1 aromatic carbocycles. The van der Waals surface area contributed by atoms with Crippen molar-refractivity contribution in [1.82, 2.24) is 9.55 Å². The van der Waals surface area contributed by atoms with Crippen molar-refractivity contribution < 1.29 is 0 Å². The van der Waals surface area contributed by atoms with Gasteiger partial charge >= 0.3 is 5.69 Å². The van der Waals surface area contributed by atoms with Gasteiger partial charge in [-0.1, -0.05) is 43.1 Å². The number of nitrogens with one attached hydrogen (secondary N) is 1. The smallest absolute Gasteiger partial charge is 0.297 e. The molecule has 0 saturated heterocycles. The predicted octanol–water partition coefficient (Wildman–Crippen LogP) is 3.72. The minimum absolute atomic E-state index is 0.0735. The van der Waals surface area contributed by atoms with E-state index in [0.29, 0.717) is 20.7 Å². The van der Waals surface area contributed by atoms with Crippen LogP contribution in [0.2, 0.25) is 10.2 Å². The van der Waals surface area contributed by atoms with Crippen molar-refractivity contribution in [2.45, 2.75) is 19.8 Å². The van der Waals surface area contributed by atoms with Crippen molar-refractivity contribution in [3.63, 3.8) is 0 Å². The van der Waals surface area contributed by atoms with Crippen molar-refractivity contribution in [2.75, 3.05) is 0 Å². The maximum Gasteiger partial charge on any atom is 0.334 e. The molecule has 0 atom stereocenters. The van der Waals surface area contributed by atoms with E-state index in [9.17, 15) is 9.59 Å². The van der Waals surface area contributed by atoms with Crippen LogP contribution in [0.5, 0.6) is 0 Å². The number of halogens is 3. The summed E-state index contributed by atoms with van der Waals surface area (Å²) in [4.78, 5) is 27.1. The SMILES string of the molecule is CC(C)c1c(Cl)[nH]c(=O)n(-c2cccc(Cl)c2Br)c1=O. The highest BCUT2D eigenvalue weighted by molar-refractivity contribution is 9.10. The molecule has 20 heavy (non-hydrogen) atoms. The van der Waals surface area contributed by atoms with E-state index >= 15 is 0 Å². The van der Waals surface area contributed by atoms with Gasteiger partial charge in [-0.3, -0.25) is 9.78 Å². The molecule has 2 aromatic rings. The number of rotatable bonds is 2. The number of hydrogen-bond donors (Lipinski definition) is 1. The molecule has 106 valence electrons. The summed E-state index contributed by atoms with van der Waals surface area (Å²) >= 11 is 15.2. The summed E-state index contributed by atoms with van der Waals surface area (Å²) in [6.45, 7) is 3.66. The van der Waals surface area contributed by atoms with E-state index in [2.05, 4.69) is 20.9 Å². The number of aromatic amines is 1. The largest absolute Gasteiger partial charge is 0.334 e. The van der Waals surface area contributed by atoms with Gasteiger partial charge in [0.25, 0.3) is 5.56 Å². The van der Waals surface area contributed by atoms with Crippen LogP contribution in [-0.4, -0.2) is 9.55 Å². The molecule has 0 saturated carbocycles. The van der Waals surface area contributed by atoms with Gasteiger partial charge < -0.3 is 0 Å². The molecule has 4 nitrogen and oxygen atoms in total. The van der Waals surface area contributed by atoms with E-state index in [-0.39, 0.29) is 11.1 Å². The third-order valence-corrected chi connectivity index (χ3v) is 4.51. The van der Waals surface area contributed by atoms with Gasteiger partial charge in [-0.2, -0.15) is 0 Å². The van der Waals surface area contributed by atoms with E-state index < -0.39 is 11.2 Å². The highest BCUT2D eigenvalue weighted by Gasteiger charge is 2.18. The van der Waals surface area contributed by atoms with Crippen LogP contribution in [0.1, 0.15) is 25.3 Å². The fourth-order valence-electron chi connectivity index (χ4n) is 1.91. The van der Waals surface area contributed by atoms with Crippen LogP contribution < -0.4 is 11.2 Å². The summed E-state index contributed by atoms with van der Waals surface area (Å²) in [6, 6.07) is 4.95. The number of aromatic nitrogens is 2. The summed E-state index contributed by atoms with van der Waals surface area (Å²) in [5, 5.41) is 0.485. The van der Waals surface area contributed by atoms with Gasteiger partial charge in [-0.15, -0.1) is 0 Å². The van der Waals surface area contributed by atoms with E-state index in [4.69, 9.17) is 23.2 Å². The molecule has 0 amide bonds. The lowest BCUT2D eigenvalue weighted by atomic mass is 10.1. The predicted molar refractivity (Wildman–Crippen MR) is 84.5 cm³/mol. The maximum absolute atomic E-state index is 12.5. The molecule has 0 bridgehead atoms. The van der Waals surface area contributed by atoms with Crippen LogP contribution >= 0.6 is 39.1 Å². The quantitative estimate of drug-likeness (QED) is 0.811. The Hall–Kier alpha value is -1.04. The van der Waals surface area contributed by atoms with Gasteiger partial charge in [0.15, 0.2) is 0 Å². The molecule has 0 fully saturated rings. The minimum Gasteiger partial charge on any atom is -0.297 e. The lowest BCUT2D eigenvalue weighted by molar-refractivity contribution is 0.776. The highest BCUT2D eigenvalue weighted by atomic mass is 79.9. The summed E-state index contributed by atoms with van der Waals surface area (Å²) < 4.78 is 1.50. The van der Waals surface area contributed by atoms with Crippen molar-refractivity contribution in [3.8, 4) is 5.69 Å². The van der Waals surface area contributed by atoms with Crippen LogP contribution in [0.3, 0.4) is 0 Å². The first-order valence-corrected chi connectivity index (χ1v) is 7.38. The summed E-state index contributed by atoms with van der Waals surface area (Å²) in [5.74, 6) is -0.115. The molecule has 0 unspecified atom stereocenters. The van der Waals surface area contributed by atoms with Gasteiger partial charge in [0.1, 0.15) is 5.15 Å². The highest BCUT2D eigenvalue weighted by Crippen LogP contribution is 2.28. The number of hydrogen-bond acceptors (Lipinski definition) is 2. The Morgan fingerprint density at radius 2 is 1.90 bits per heavy atom. The van der Waals surface area contributed by atoms with Crippen LogP contribution in [0.15, 0.2) is 32.3 Å². The van der Waals surface area contributed by atoms with Gasteiger partial charge in [0, 0.05) is 0 Å². The molecular weight excluding hydrogens is 367 g/mol. The van der Waals surface area contributed by atoms with Gasteiger partial charge in [-0.05, 0) is 34.0 Å². The topological polar surface area (TPSA) is 54.9 Å². The summed E-state index contributed by atoms with van der Waals surface area (Å²) in [7, 11) is 0. The van der Waals surface area contributed by atoms with Crippen LogP contribution in [0.4, 0.5) is 0 Å². The molecule has 1 N–H and O–H groups in total. The number of H-pyrrole nitrogens is 1. The fraction of sp³-hybridized carbons (Fsp3) is 0.231. The Morgan fingerprint density at radius 3 is 2.50 bits per heavy atom. The average molecular weight is 378 g/mol.